The number of pyridine rings is 1. The van der Waals surface area contributed by atoms with Crippen molar-refractivity contribution in [2.75, 3.05) is 29.9 Å². The second-order valence-electron chi connectivity index (χ2n) is 8.59. The van der Waals surface area contributed by atoms with Crippen LogP contribution < -0.4 is 15.0 Å². The van der Waals surface area contributed by atoms with Crippen molar-refractivity contribution in [3.8, 4) is 16.2 Å². The average molecular weight is 536 g/mol. The van der Waals surface area contributed by atoms with E-state index in [0.717, 1.165) is 47.7 Å². The molecule has 3 heterocycles. The van der Waals surface area contributed by atoms with Crippen LogP contribution in [-0.2, 0) is 11.0 Å². The van der Waals surface area contributed by atoms with Crippen LogP contribution in [-0.4, -0.2) is 52.9 Å². The number of nitrogens with zero attached hydrogens (tertiary/aromatic N) is 2. The zero-order chi connectivity index (χ0) is 26.7. The molecule has 37 heavy (non-hydrogen) atoms. The van der Waals surface area contributed by atoms with Gasteiger partial charge in [0.15, 0.2) is 11.5 Å². The van der Waals surface area contributed by atoms with Gasteiger partial charge < -0.3 is 25.2 Å². The van der Waals surface area contributed by atoms with Crippen LogP contribution in [0.4, 0.5) is 24.7 Å². The zero-order valence-electron chi connectivity index (χ0n) is 19.7. The Balaban J connectivity index is 1.43. The van der Waals surface area contributed by atoms with Crippen molar-refractivity contribution in [1.29, 1.82) is 0 Å². The lowest BCUT2D eigenvalue weighted by Gasteiger charge is -2.33. The molecule has 0 spiro atoms. The summed E-state index contributed by atoms with van der Waals surface area (Å²) in [6.07, 6.45) is -2.06. The van der Waals surface area contributed by atoms with Crippen LogP contribution in [0.1, 0.15) is 33.6 Å². The third-order valence-electron chi connectivity index (χ3n) is 6.02. The summed E-state index contributed by atoms with van der Waals surface area (Å²) < 4.78 is 43.6. The monoisotopic (exact) mass is 535 g/mol. The van der Waals surface area contributed by atoms with E-state index in [9.17, 15) is 27.9 Å². The number of carboxylic acids is 2. The molecule has 1 aliphatic rings. The number of alkyl halides is 3. The topological polar surface area (TPSA) is 112 Å². The molecule has 0 aliphatic carbocycles. The molecule has 12 heteroatoms. The first kappa shape index (κ1) is 26.3. The van der Waals surface area contributed by atoms with E-state index < -0.39 is 30.3 Å². The minimum Gasteiger partial charge on any atom is -0.480 e. The Morgan fingerprint density at radius 1 is 1.19 bits per heavy atom. The molecule has 4 rings (SSSR count). The highest BCUT2D eigenvalue weighted by atomic mass is 32.1. The number of halogens is 3. The number of anilines is 2. The van der Waals surface area contributed by atoms with E-state index in [1.165, 1.54) is 6.07 Å². The number of piperidine rings is 1. The number of nitrogens with one attached hydrogen (secondary N) is 1. The number of hydrogen-bond acceptors (Lipinski definition) is 7. The number of ether oxygens (including phenoxy) is 1. The van der Waals surface area contributed by atoms with Crippen LogP contribution in [0.5, 0.6) is 5.75 Å². The lowest BCUT2D eigenvalue weighted by Crippen LogP contribution is -2.39. The summed E-state index contributed by atoms with van der Waals surface area (Å²) in [5.74, 6) is -1.83. The second-order valence-corrected chi connectivity index (χ2v) is 9.61. The number of aliphatic carboxylic acids is 1. The number of carboxylic acid groups (broad SMARTS) is 2. The molecule has 3 N–H and O–H groups in total. The van der Waals surface area contributed by atoms with E-state index in [1.807, 2.05) is 29.2 Å². The first-order valence-corrected chi connectivity index (χ1v) is 12.2. The Bertz CT molecular complexity index is 1290. The van der Waals surface area contributed by atoms with Gasteiger partial charge in [-0.15, -0.1) is 11.3 Å². The number of aromatic carboxylic acids is 1. The maximum Gasteiger partial charge on any atom is 0.417 e. The molecule has 1 aliphatic heterocycles. The fourth-order valence-electron chi connectivity index (χ4n) is 4.20. The quantitative estimate of drug-likeness (QED) is 0.353. The number of rotatable bonds is 8. The van der Waals surface area contributed by atoms with Crippen LogP contribution >= 0.6 is 11.3 Å². The molecule has 0 saturated carbocycles. The predicted molar refractivity (Wildman–Crippen MR) is 133 cm³/mol. The third-order valence-corrected chi connectivity index (χ3v) is 7.33. The van der Waals surface area contributed by atoms with Crippen molar-refractivity contribution in [3.05, 3.63) is 58.6 Å². The molecule has 2 aromatic heterocycles. The first-order chi connectivity index (χ1) is 17.5. The number of carbonyl (C=O) groups is 2. The van der Waals surface area contributed by atoms with E-state index in [2.05, 4.69) is 10.3 Å². The van der Waals surface area contributed by atoms with Gasteiger partial charge in [-0.05, 0) is 49.6 Å². The van der Waals surface area contributed by atoms with Crippen LogP contribution in [0.15, 0.2) is 42.6 Å². The molecule has 1 saturated heterocycles. The number of aromatic nitrogens is 1. The molecule has 0 unspecified atom stereocenters. The van der Waals surface area contributed by atoms with Crippen LogP contribution in [0.25, 0.3) is 10.4 Å². The smallest absolute Gasteiger partial charge is 0.417 e. The molecule has 196 valence electrons. The van der Waals surface area contributed by atoms with Gasteiger partial charge in [-0.2, -0.15) is 13.2 Å². The van der Waals surface area contributed by atoms with E-state index in [4.69, 9.17) is 9.84 Å². The number of hydrogen-bond donors (Lipinski definition) is 3. The van der Waals surface area contributed by atoms with Crippen molar-refractivity contribution >= 4 is 34.8 Å². The zero-order valence-corrected chi connectivity index (χ0v) is 20.5. The minimum atomic E-state index is -4.42. The largest absolute Gasteiger partial charge is 0.480 e. The normalized spacial score (nSPS) is 14.4. The summed E-state index contributed by atoms with van der Waals surface area (Å²) in [6, 6.07) is 10.0. The standard InChI is InChI=1S/C25H24F3N3O5S/c1-14-21(36-13-20(32)33)23(24(34)35)37-22(14)15-3-2-4-18(11-15)30-17-7-9-31(10-8-17)19-6-5-16(12-29-19)25(26,27)28/h2-6,11-12,17,30H,7-10,13H2,1H3,(H,32,33)(H,34,35). The van der Waals surface area contributed by atoms with Crippen molar-refractivity contribution in [2.24, 2.45) is 0 Å². The lowest BCUT2D eigenvalue weighted by molar-refractivity contribution is -0.139. The summed E-state index contributed by atoms with van der Waals surface area (Å²) in [5, 5.41) is 21.9. The molecule has 3 aromatic rings. The average Bonchev–Trinajstić information content (AvgIpc) is 3.19. The number of benzene rings is 1. The van der Waals surface area contributed by atoms with Crippen molar-refractivity contribution in [2.45, 2.75) is 32.0 Å². The van der Waals surface area contributed by atoms with Gasteiger partial charge in [0, 0.05) is 41.5 Å². The van der Waals surface area contributed by atoms with E-state index in [-0.39, 0.29) is 16.7 Å². The van der Waals surface area contributed by atoms with E-state index in [0.29, 0.717) is 29.3 Å². The predicted octanol–water partition coefficient (Wildman–Crippen LogP) is 5.38. The maximum atomic E-state index is 12.8. The highest BCUT2D eigenvalue weighted by Gasteiger charge is 2.31. The Morgan fingerprint density at radius 3 is 2.51 bits per heavy atom. The molecule has 1 fully saturated rings. The van der Waals surface area contributed by atoms with Gasteiger partial charge in [0.1, 0.15) is 11.6 Å². The van der Waals surface area contributed by atoms with Gasteiger partial charge in [0.25, 0.3) is 0 Å². The summed E-state index contributed by atoms with van der Waals surface area (Å²) in [7, 11) is 0. The van der Waals surface area contributed by atoms with Crippen molar-refractivity contribution in [3.63, 3.8) is 0 Å². The molecule has 0 atom stereocenters. The van der Waals surface area contributed by atoms with Crippen molar-refractivity contribution in [1.82, 2.24) is 4.98 Å². The summed E-state index contributed by atoms with van der Waals surface area (Å²) >= 11 is 1.02. The summed E-state index contributed by atoms with van der Waals surface area (Å²) in [6.45, 7) is 2.32. The van der Waals surface area contributed by atoms with Crippen LogP contribution in [0.2, 0.25) is 0 Å². The second kappa shape index (κ2) is 10.7. The Hall–Kier alpha value is -3.80. The van der Waals surface area contributed by atoms with Crippen LogP contribution in [0, 0.1) is 6.92 Å². The molecular weight excluding hydrogens is 511 g/mol. The van der Waals surface area contributed by atoms with Crippen molar-refractivity contribution < 1.29 is 37.7 Å². The highest BCUT2D eigenvalue weighted by molar-refractivity contribution is 7.18. The van der Waals surface area contributed by atoms with Gasteiger partial charge in [-0.1, -0.05) is 12.1 Å². The Kier molecular flexibility index (Phi) is 7.58. The molecule has 0 bridgehead atoms. The fraction of sp³-hybridized carbons (Fsp3) is 0.320. The SMILES string of the molecule is Cc1c(-c2cccc(NC3CCN(c4ccc(C(F)(F)F)cn4)CC3)c2)sc(C(=O)O)c1OCC(=O)O. The molecule has 8 nitrogen and oxygen atoms in total. The molecule has 1 aromatic carbocycles. The van der Waals surface area contributed by atoms with Gasteiger partial charge in [-0.3, -0.25) is 0 Å². The van der Waals surface area contributed by atoms with Gasteiger partial charge in [0.2, 0.25) is 0 Å². The van der Waals surface area contributed by atoms with Crippen LogP contribution in [0.3, 0.4) is 0 Å². The molecule has 0 amide bonds. The number of thiophene rings is 1. The first-order valence-electron chi connectivity index (χ1n) is 11.4. The Labute approximate surface area is 214 Å². The highest BCUT2D eigenvalue weighted by Crippen LogP contribution is 2.42. The van der Waals surface area contributed by atoms with Gasteiger partial charge in [0.05, 0.1) is 5.56 Å². The fourth-order valence-corrected chi connectivity index (χ4v) is 5.29. The maximum absolute atomic E-state index is 12.8. The summed E-state index contributed by atoms with van der Waals surface area (Å²) in [5.41, 5.74) is 1.38. The van der Waals surface area contributed by atoms with E-state index in [1.54, 1.807) is 6.92 Å². The molecule has 0 radical (unpaired) electrons. The summed E-state index contributed by atoms with van der Waals surface area (Å²) in [4.78, 5) is 29.1. The molecular formula is C25H24F3N3O5S. The minimum absolute atomic E-state index is 0.0532. The van der Waals surface area contributed by atoms with Gasteiger partial charge in [-0.25, -0.2) is 14.6 Å². The van der Waals surface area contributed by atoms with Gasteiger partial charge >= 0.3 is 18.1 Å². The Morgan fingerprint density at radius 2 is 1.92 bits per heavy atom. The van der Waals surface area contributed by atoms with E-state index >= 15 is 0 Å². The lowest BCUT2D eigenvalue weighted by atomic mass is 10.0. The third kappa shape index (κ3) is 6.13.